The molecule has 2 aromatic rings. The van der Waals surface area contributed by atoms with Gasteiger partial charge in [0.15, 0.2) is 12.4 Å². The first-order chi connectivity index (χ1) is 10.8. The fourth-order valence-corrected chi connectivity index (χ4v) is 9.31. The normalized spacial score (nSPS) is 12.1. The molecule has 0 N–H and O–H groups in total. The van der Waals surface area contributed by atoms with E-state index in [9.17, 15) is 0 Å². The van der Waals surface area contributed by atoms with Crippen molar-refractivity contribution < 1.29 is 4.57 Å². The number of hydrogen-bond acceptors (Lipinski definition) is 0. The van der Waals surface area contributed by atoms with Gasteiger partial charge in [0.2, 0.25) is 0 Å². The van der Waals surface area contributed by atoms with E-state index in [2.05, 4.69) is 101 Å². The first-order valence-electron chi connectivity index (χ1n) is 8.70. The molecular weight excluding hydrogens is 294 g/mol. The molecule has 0 aliphatic carbocycles. The molecule has 0 fully saturated rings. The zero-order valence-corrected chi connectivity index (χ0v) is 16.6. The second-order valence-corrected chi connectivity index (χ2v) is 13.2. The van der Waals surface area contributed by atoms with Crippen LogP contribution in [0.25, 0.3) is 10.8 Å². The predicted octanol–water partition coefficient (Wildman–Crippen LogP) is 5.23. The van der Waals surface area contributed by atoms with Gasteiger partial charge in [0.05, 0.1) is 5.56 Å². The van der Waals surface area contributed by atoms with Crippen LogP contribution in [0.2, 0.25) is 16.6 Å². The number of hydrogen-bond donors (Lipinski definition) is 0. The molecule has 1 aromatic heterocycles. The Hall–Kier alpha value is -1.59. The van der Waals surface area contributed by atoms with Gasteiger partial charge >= 0.3 is 0 Å². The van der Waals surface area contributed by atoms with Crippen molar-refractivity contribution in [1.82, 2.24) is 0 Å². The smallest absolute Gasteiger partial charge is 0.184 e. The average molecular weight is 325 g/mol. The van der Waals surface area contributed by atoms with Gasteiger partial charge in [-0.25, -0.2) is 4.57 Å². The van der Waals surface area contributed by atoms with E-state index >= 15 is 0 Å². The van der Waals surface area contributed by atoms with Gasteiger partial charge in [-0.05, 0) is 22.7 Å². The van der Waals surface area contributed by atoms with Gasteiger partial charge in [0, 0.05) is 10.8 Å². The van der Waals surface area contributed by atoms with Crippen LogP contribution in [0.4, 0.5) is 0 Å². The molecule has 2 rings (SSSR count). The summed E-state index contributed by atoms with van der Waals surface area (Å²) < 4.78 is 2.12. The Balaban J connectivity index is 2.64. The van der Waals surface area contributed by atoms with E-state index < -0.39 is 8.07 Å². The SMILES string of the molecule is CC(C)[Si](C#Cc1c[n+](C)cc2ccccc12)(C(C)C)C(C)C. The summed E-state index contributed by atoms with van der Waals surface area (Å²) in [6.45, 7) is 14.2. The van der Waals surface area contributed by atoms with Crippen LogP contribution in [0, 0.1) is 11.5 Å². The van der Waals surface area contributed by atoms with Crippen LogP contribution in [0.5, 0.6) is 0 Å². The summed E-state index contributed by atoms with van der Waals surface area (Å²) in [6, 6.07) is 8.54. The number of rotatable bonds is 3. The summed E-state index contributed by atoms with van der Waals surface area (Å²) in [5, 5.41) is 2.52. The zero-order chi connectivity index (χ0) is 17.2. The van der Waals surface area contributed by atoms with Gasteiger partial charge in [-0.15, -0.1) is 5.54 Å². The first-order valence-corrected chi connectivity index (χ1v) is 10.9. The van der Waals surface area contributed by atoms with Gasteiger partial charge in [-0.3, -0.25) is 0 Å². The highest BCUT2D eigenvalue weighted by Crippen LogP contribution is 2.40. The van der Waals surface area contributed by atoms with Crippen LogP contribution in [0.3, 0.4) is 0 Å². The topological polar surface area (TPSA) is 3.88 Å². The van der Waals surface area contributed by atoms with Gasteiger partial charge < -0.3 is 0 Å². The first kappa shape index (κ1) is 17.8. The third-order valence-electron chi connectivity index (χ3n) is 5.21. The maximum Gasteiger partial charge on any atom is 0.184 e. The molecule has 0 aliphatic rings. The number of pyridine rings is 1. The lowest BCUT2D eigenvalue weighted by Crippen LogP contribution is -2.43. The second-order valence-electron chi connectivity index (χ2n) is 7.57. The van der Waals surface area contributed by atoms with Crippen LogP contribution < -0.4 is 4.57 Å². The Kier molecular flexibility index (Phi) is 5.32. The lowest BCUT2D eigenvalue weighted by Gasteiger charge is -2.38. The van der Waals surface area contributed by atoms with Crippen molar-refractivity contribution in [2.24, 2.45) is 7.05 Å². The third-order valence-corrected chi connectivity index (χ3v) is 11.5. The van der Waals surface area contributed by atoms with E-state index in [4.69, 9.17) is 0 Å². The molecule has 23 heavy (non-hydrogen) atoms. The molecular formula is C21H30NSi+. The monoisotopic (exact) mass is 324 g/mol. The molecule has 0 saturated carbocycles. The van der Waals surface area contributed by atoms with E-state index in [0.29, 0.717) is 16.6 Å². The summed E-state index contributed by atoms with van der Waals surface area (Å²) >= 11 is 0. The highest BCUT2D eigenvalue weighted by molar-refractivity contribution is 6.90. The molecule has 0 atom stereocenters. The van der Waals surface area contributed by atoms with Crippen LogP contribution in [-0.2, 0) is 7.05 Å². The Bertz CT molecular complexity index is 725. The van der Waals surface area contributed by atoms with Crippen molar-refractivity contribution in [3.05, 3.63) is 42.2 Å². The molecule has 122 valence electrons. The summed E-state index contributed by atoms with van der Waals surface area (Å²) in [7, 11) is 0.394. The molecule has 0 aliphatic heterocycles. The van der Waals surface area contributed by atoms with Crippen molar-refractivity contribution in [3.63, 3.8) is 0 Å². The maximum absolute atomic E-state index is 3.84. The van der Waals surface area contributed by atoms with Crippen LogP contribution in [0.1, 0.15) is 47.1 Å². The second kappa shape index (κ2) is 6.89. The summed E-state index contributed by atoms with van der Waals surface area (Å²) in [5.74, 6) is 3.60. The van der Waals surface area contributed by atoms with Crippen molar-refractivity contribution >= 4 is 18.8 Å². The molecule has 0 spiro atoms. The largest absolute Gasteiger partial charge is 0.206 e. The fraction of sp³-hybridized carbons (Fsp3) is 0.476. The lowest BCUT2D eigenvalue weighted by molar-refractivity contribution is -0.670. The van der Waals surface area contributed by atoms with Crippen LogP contribution >= 0.6 is 0 Å². The van der Waals surface area contributed by atoms with E-state index in [1.807, 2.05) is 0 Å². The summed E-state index contributed by atoms with van der Waals surface area (Å²) in [5.41, 5.74) is 7.00. The van der Waals surface area contributed by atoms with E-state index in [-0.39, 0.29) is 0 Å². The zero-order valence-electron chi connectivity index (χ0n) is 15.6. The predicted molar refractivity (Wildman–Crippen MR) is 103 cm³/mol. The minimum absolute atomic E-state index is 0.665. The number of aryl methyl sites for hydroxylation is 1. The standard InChI is InChI=1S/C21H30NSi/c1-16(2)23(17(3)4,18(5)6)13-12-20-15-22(7)14-19-10-8-9-11-21(19)20/h8-11,14-18H,1-7H3/q+1. The minimum Gasteiger partial charge on any atom is -0.206 e. The van der Waals surface area contributed by atoms with E-state index in [0.717, 1.165) is 5.56 Å². The van der Waals surface area contributed by atoms with Crippen molar-refractivity contribution in [3.8, 4) is 11.5 Å². The molecule has 0 radical (unpaired) electrons. The quantitative estimate of drug-likeness (QED) is 0.413. The van der Waals surface area contributed by atoms with Crippen molar-refractivity contribution in [2.45, 2.75) is 58.2 Å². The Morgan fingerprint density at radius 2 is 1.43 bits per heavy atom. The van der Waals surface area contributed by atoms with E-state index in [1.165, 1.54) is 10.8 Å². The molecule has 1 nitrogen and oxygen atoms in total. The number of nitrogens with zero attached hydrogens (tertiary/aromatic N) is 1. The summed E-state index contributed by atoms with van der Waals surface area (Å²) in [4.78, 5) is 0. The molecule has 0 saturated heterocycles. The van der Waals surface area contributed by atoms with Crippen LogP contribution in [-0.4, -0.2) is 8.07 Å². The molecule has 0 unspecified atom stereocenters. The van der Waals surface area contributed by atoms with Gasteiger partial charge in [0.25, 0.3) is 0 Å². The Morgan fingerprint density at radius 3 is 2.00 bits per heavy atom. The molecule has 2 heteroatoms. The third kappa shape index (κ3) is 3.35. The molecule has 0 bridgehead atoms. The maximum atomic E-state index is 3.84. The van der Waals surface area contributed by atoms with Crippen molar-refractivity contribution in [2.75, 3.05) is 0 Å². The highest BCUT2D eigenvalue weighted by atomic mass is 28.3. The Morgan fingerprint density at radius 1 is 0.870 bits per heavy atom. The van der Waals surface area contributed by atoms with E-state index in [1.54, 1.807) is 0 Å². The van der Waals surface area contributed by atoms with Gasteiger partial charge in [-0.1, -0.05) is 65.7 Å². The molecule has 0 amide bonds. The molecule has 1 heterocycles. The average Bonchev–Trinajstić information content (AvgIpc) is 2.46. The minimum atomic E-state index is -1.69. The number of aromatic nitrogens is 1. The number of benzene rings is 1. The molecule has 1 aromatic carbocycles. The van der Waals surface area contributed by atoms with Crippen molar-refractivity contribution in [1.29, 1.82) is 0 Å². The van der Waals surface area contributed by atoms with Crippen LogP contribution in [0.15, 0.2) is 36.7 Å². The lowest BCUT2D eigenvalue weighted by atomic mass is 10.1. The van der Waals surface area contributed by atoms with Gasteiger partial charge in [0.1, 0.15) is 15.1 Å². The summed E-state index contributed by atoms with van der Waals surface area (Å²) in [6.07, 6.45) is 4.33. The highest BCUT2D eigenvalue weighted by Gasteiger charge is 2.41. The van der Waals surface area contributed by atoms with Gasteiger partial charge in [-0.2, -0.15) is 0 Å². The number of fused-ring (bicyclic) bond motifs is 1. The fourth-order valence-electron chi connectivity index (χ4n) is 4.09. The Labute approximate surface area is 142 Å².